The first kappa shape index (κ1) is 17.8. The lowest BCUT2D eigenvalue weighted by molar-refractivity contribution is -0.0172. The highest BCUT2D eigenvalue weighted by Gasteiger charge is 2.17. The first-order valence-corrected chi connectivity index (χ1v) is 8.29. The van der Waals surface area contributed by atoms with Gasteiger partial charge in [-0.1, -0.05) is 23.2 Å². The van der Waals surface area contributed by atoms with Crippen LogP contribution in [0.5, 0.6) is 5.75 Å². The van der Waals surface area contributed by atoms with Gasteiger partial charge in [0.1, 0.15) is 11.6 Å². The van der Waals surface area contributed by atoms with Crippen molar-refractivity contribution in [3.8, 4) is 5.75 Å². The first-order valence-electron chi connectivity index (χ1n) is 7.54. The molecule has 25 heavy (non-hydrogen) atoms. The van der Waals surface area contributed by atoms with Gasteiger partial charge in [-0.2, -0.15) is 0 Å². The first-order chi connectivity index (χ1) is 12.0. The highest BCUT2D eigenvalue weighted by Crippen LogP contribution is 2.29. The molecule has 0 atom stereocenters. The predicted molar refractivity (Wildman–Crippen MR) is 93.9 cm³/mol. The number of rotatable bonds is 4. The van der Waals surface area contributed by atoms with E-state index in [2.05, 4.69) is 10.6 Å². The molecule has 0 saturated heterocycles. The van der Waals surface area contributed by atoms with Crippen molar-refractivity contribution in [1.82, 2.24) is 5.32 Å². The third kappa shape index (κ3) is 4.75. The summed E-state index contributed by atoms with van der Waals surface area (Å²) >= 11 is 11.8. The van der Waals surface area contributed by atoms with Crippen LogP contribution in [0.1, 0.15) is 11.1 Å². The van der Waals surface area contributed by atoms with E-state index >= 15 is 0 Å². The fourth-order valence-corrected chi connectivity index (χ4v) is 3.08. The number of carbonyl (C=O) groups excluding carboxylic acids is 1. The summed E-state index contributed by atoms with van der Waals surface area (Å²) < 4.78 is 24.3. The minimum absolute atomic E-state index is 0.134. The van der Waals surface area contributed by atoms with Crippen LogP contribution in [-0.2, 0) is 17.8 Å². The van der Waals surface area contributed by atoms with Gasteiger partial charge in [-0.25, -0.2) is 9.18 Å². The normalized spacial score (nSPS) is 12.9. The zero-order chi connectivity index (χ0) is 17.8. The van der Waals surface area contributed by atoms with E-state index < -0.39 is 6.03 Å². The molecule has 1 heterocycles. The smallest absolute Gasteiger partial charge is 0.319 e. The maximum Gasteiger partial charge on any atom is 0.319 e. The van der Waals surface area contributed by atoms with Gasteiger partial charge in [0, 0.05) is 27.8 Å². The van der Waals surface area contributed by atoms with Gasteiger partial charge in [-0.05, 0) is 42.3 Å². The van der Waals surface area contributed by atoms with Crippen LogP contribution in [0.3, 0.4) is 0 Å². The highest BCUT2D eigenvalue weighted by atomic mass is 35.5. The van der Waals surface area contributed by atoms with Gasteiger partial charge in [0.2, 0.25) is 0 Å². The zero-order valence-electron chi connectivity index (χ0n) is 13.1. The number of benzene rings is 2. The van der Waals surface area contributed by atoms with Gasteiger partial charge in [0.25, 0.3) is 0 Å². The Bertz CT molecular complexity index is 781. The van der Waals surface area contributed by atoms with Crippen molar-refractivity contribution >= 4 is 34.9 Å². The molecule has 2 amide bonds. The standard InChI is InChI=1S/C17H15Cl2FN2O3/c18-12-5-13(19)7-15(6-12)22-17(23)21-2-1-10-3-14(20)4-11-8-24-9-25-16(10)11/h3-7H,1-2,8-9H2,(H2,21,22,23). The largest absolute Gasteiger partial charge is 0.467 e. The van der Waals surface area contributed by atoms with Gasteiger partial charge in [-0.15, -0.1) is 0 Å². The second-order valence-electron chi connectivity index (χ2n) is 5.45. The number of halogens is 3. The number of ether oxygens (including phenoxy) is 2. The molecule has 0 radical (unpaired) electrons. The summed E-state index contributed by atoms with van der Waals surface area (Å²) in [5, 5.41) is 6.19. The lowest BCUT2D eigenvalue weighted by Gasteiger charge is -2.21. The van der Waals surface area contributed by atoms with E-state index in [4.69, 9.17) is 32.7 Å². The van der Waals surface area contributed by atoms with Crippen molar-refractivity contribution in [3.63, 3.8) is 0 Å². The van der Waals surface area contributed by atoms with Gasteiger partial charge < -0.3 is 20.1 Å². The summed E-state index contributed by atoms with van der Waals surface area (Å²) in [5.41, 5.74) is 1.84. The van der Waals surface area contributed by atoms with E-state index in [0.717, 1.165) is 0 Å². The topological polar surface area (TPSA) is 59.6 Å². The summed E-state index contributed by atoms with van der Waals surface area (Å²) in [6.45, 7) is 0.749. The highest BCUT2D eigenvalue weighted by molar-refractivity contribution is 6.35. The number of hydrogen-bond acceptors (Lipinski definition) is 3. The van der Waals surface area contributed by atoms with Crippen LogP contribution in [0, 0.1) is 5.82 Å². The molecule has 0 aliphatic carbocycles. The third-order valence-electron chi connectivity index (χ3n) is 3.55. The predicted octanol–water partition coefficient (Wildman–Crippen LogP) is 4.36. The minimum Gasteiger partial charge on any atom is -0.467 e. The molecular weight excluding hydrogens is 370 g/mol. The Morgan fingerprint density at radius 1 is 1.16 bits per heavy atom. The van der Waals surface area contributed by atoms with Gasteiger partial charge >= 0.3 is 6.03 Å². The Hall–Kier alpha value is -2.02. The molecule has 0 saturated carbocycles. The quantitative estimate of drug-likeness (QED) is 0.822. The van der Waals surface area contributed by atoms with Crippen molar-refractivity contribution in [1.29, 1.82) is 0 Å². The molecule has 5 nitrogen and oxygen atoms in total. The monoisotopic (exact) mass is 384 g/mol. The van der Waals surface area contributed by atoms with Crippen molar-refractivity contribution in [2.45, 2.75) is 13.0 Å². The average Bonchev–Trinajstić information content (AvgIpc) is 2.53. The summed E-state index contributed by atoms with van der Waals surface area (Å²) in [6, 6.07) is 7.13. The Balaban J connectivity index is 1.58. The van der Waals surface area contributed by atoms with Gasteiger partial charge in [0.05, 0.1) is 6.61 Å². The average molecular weight is 385 g/mol. The molecular formula is C17H15Cl2FN2O3. The summed E-state index contributed by atoms with van der Waals surface area (Å²) in [7, 11) is 0. The minimum atomic E-state index is -0.409. The van der Waals surface area contributed by atoms with E-state index in [9.17, 15) is 9.18 Å². The number of fused-ring (bicyclic) bond motifs is 1. The maximum atomic E-state index is 13.7. The van der Waals surface area contributed by atoms with Crippen LogP contribution < -0.4 is 15.4 Å². The van der Waals surface area contributed by atoms with Crippen molar-refractivity contribution in [2.75, 3.05) is 18.7 Å². The van der Waals surface area contributed by atoms with E-state index in [1.54, 1.807) is 18.2 Å². The van der Waals surface area contributed by atoms with Crippen LogP contribution in [-0.4, -0.2) is 19.4 Å². The summed E-state index contributed by atoms with van der Waals surface area (Å²) in [4.78, 5) is 11.9. The fourth-order valence-electron chi connectivity index (χ4n) is 2.55. The van der Waals surface area contributed by atoms with Crippen LogP contribution in [0.2, 0.25) is 10.0 Å². The second kappa shape index (κ2) is 7.91. The summed E-state index contributed by atoms with van der Waals surface area (Å²) in [5.74, 6) is 0.261. The number of hydrogen-bond donors (Lipinski definition) is 2. The van der Waals surface area contributed by atoms with Crippen LogP contribution in [0.15, 0.2) is 30.3 Å². The van der Waals surface area contributed by atoms with E-state index in [1.807, 2.05) is 0 Å². The molecule has 1 aliphatic heterocycles. The number of anilines is 1. The number of nitrogens with one attached hydrogen (secondary N) is 2. The third-order valence-corrected chi connectivity index (χ3v) is 3.99. The molecule has 2 aromatic carbocycles. The molecule has 0 spiro atoms. The molecule has 8 heteroatoms. The van der Waals surface area contributed by atoms with E-state index in [1.165, 1.54) is 12.1 Å². The number of amides is 2. The molecule has 1 aliphatic rings. The molecule has 0 aromatic heterocycles. The number of urea groups is 1. The van der Waals surface area contributed by atoms with Crippen molar-refractivity contribution in [2.24, 2.45) is 0 Å². The second-order valence-corrected chi connectivity index (χ2v) is 6.33. The zero-order valence-corrected chi connectivity index (χ0v) is 14.6. The van der Waals surface area contributed by atoms with E-state index in [0.29, 0.717) is 52.2 Å². The number of carbonyl (C=O) groups is 1. The van der Waals surface area contributed by atoms with E-state index in [-0.39, 0.29) is 12.6 Å². The Labute approximate surface area is 154 Å². The fraction of sp³-hybridized carbons (Fsp3) is 0.235. The van der Waals surface area contributed by atoms with Crippen molar-refractivity contribution < 1.29 is 18.7 Å². The molecule has 2 N–H and O–H groups in total. The van der Waals surface area contributed by atoms with Crippen LogP contribution in [0.25, 0.3) is 0 Å². The lowest BCUT2D eigenvalue weighted by atomic mass is 10.1. The molecule has 0 bridgehead atoms. The Kier molecular flexibility index (Phi) is 5.63. The SMILES string of the molecule is O=C(NCCc1cc(F)cc2c1OCOC2)Nc1cc(Cl)cc(Cl)c1. The van der Waals surface area contributed by atoms with Gasteiger partial charge in [-0.3, -0.25) is 0 Å². The van der Waals surface area contributed by atoms with Crippen LogP contribution >= 0.6 is 23.2 Å². The lowest BCUT2D eigenvalue weighted by Crippen LogP contribution is -2.30. The maximum absolute atomic E-state index is 13.7. The molecule has 132 valence electrons. The molecule has 0 unspecified atom stereocenters. The van der Waals surface area contributed by atoms with Gasteiger partial charge in [0.15, 0.2) is 6.79 Å². The molecule has 0 fully saturated rings. The van der Waals surface area contributed by atoms with Crippen LogP contribution in [0.4, 0.5) is 14.9 Å². The molecule has 2 aromatic rings. The molecule has 3 rings (SSSR count). The summed E-state index contributed by atoms with van der Waals surface area (Å²) in [6.07, 6.45) is 0.420. The Morgan fingerprint density at radius 3 is 2.68 bits per heavy atom. The Morgan fingerprint density at radius 2 is 1.92 bits per heavy atom. The van der Waals surface area contributed by atoms with Crippen molar-refractivity contribution in [3.05, 3.63) is 57.3 Å².